The van der Waals surface area contributed by atoms with Gasteiger partial charge in [-0.1, -0.05) is 18.2 Å². The van der Waals surface area contributed by atoms with Crippen LogP contribution in [0.3, 0.4) is 0 Å². The van der Waals surface area contributed by atoms with Crippen molar-refractivity contribution in [2.75, 3.05) is 13.2 Å². The van der Waals surface area contributed by atoms with E-state index in [-0.39, 0.29) is 5.75 Å². The lowest BCUT2D eigenvalue weighted by Crippen LogP contribution is -2.16. The summed E-state index contributed by atoms with van der Waals surface area (Å²) in [6.45, 7) is 1.35. The van der Waals surface area contributed by atoms with Crippen LogP contribution in [0.15, 0.2) is 47.4 Å². The van der Waals surface area contributed by atoms with Gasteiger partial charge in [0, 0.05) is 6.54 Å². The minimum atomic E-state index is -4.68. The molecular formula is C15H12F3NO2S. The predicted molar refractivity (Wildman–Crippen MR) is 77.9 cm³/mol. The van der Waals surface area contributed by atoms with Gasteiger partial charge >= 0.3 is 6.36 Å². The summed E-state index contributed by atoms with van der Waals surface area (Å²) in [5.41, 5.74) is 1.71. The Kier molecular flexibility index (Phi) is 4.17. The van der Waals surface area contributed by atoms with Crippen LogP contribution in [-0.2, 0) is 0 Å². The molecule has 2 aromatic rings. The standard InChI is InChI=1S/C15H12F3NO2S/c16-15(17,18)21-12-4-1-10(2-5-12)11-3-6-13-14(9-11)22-19-7-8-20-13/h1-6,9,19H,7-8H2. The van der Waals surface area contributed by atoms with Crippen LogP contribution < -0.4 is 14.2 Å². The van der Waals surface area contributed by atoms with E-state index in [2.05, 4.69) is 9.46 Å². The lowest BCUT2D eigenvalue weighted by atomic mass is 10.1. The van der Waals surface area contributed by atoms with Gasteiger partial charge in [0.15, 0.2) is 0 Å². The Balaban J connectivity index is 1.83. The van der Waals surface area contributed by atoms with Crippen molar-refractivity contribution >= 4 is 11.9 Å². The summed E-state index contributed by atoms with van der Waals surface area (Å²) < 4.78 is 49.1. The summed E-state index contributed by atoms with van der Waals surface area (Å²) in [5.74, 6) is 0.571. The van der Waals surface area contributed by atoms with Crippen LogP contribution in [-0.4, -0.2) is 19.5 Å². The van der Waals surface area contributed by atoms with Crippen LogP contribution in [0.25, 0.3) is 11.1 Å². The first kappa shape index (κ1) is 15.1. The number of hydrogen-bond acceptors (Lipinski definition) is 4. The van der Waals surface area contributed by atoms with Gasteiger partial charge in [0.1, 0.15) is 18.1 Å². The molecule has 0 radical (unpaired) electrons. The minimum absolute atomic E-state index is 0.231. The molecule has 0 atom stereocenters. The van der Waals surface area contributed by atoms with E-state index < -0.39 is 6.36 Å². The number of ether oxygens (including phenoxy) is 2. The molecule has 0 unspecified atom stereocenters. The summed E-state index contributed by atoms with van der Waals surface area (Å²) in [6.07, 6.45) is -4.68. The van der Waals surface area contributed by atoms with E-state index in [4.69, 9.17) is 4.74 Å². The molecule has 0 amide bonds. The second-order valence-electron chi connectivity index (χ2n) is 4.58. The van der Waals surface area contributed by atoms with E-state index in [0.717, 1.165) is 28.3 Å². The Morgan fingerprint density at radius 1 is 1.05 bits per heavy atom. The molecule has 22 heavy (non-hydrogen) atoms. The first-order valence-corrected chi connectivity index (χ1v) is 7.36. The average molecular weight is 327 g/mol. The minimum Gasteiger partial charge on any atom is -0.491 e. The molecule has 0 fully saturated rings. The average Bonchev–Trinajstić information content (AvgIpc) is 2.71. The fourth-order valence-electron chi connectivity index (χ4n) is 2.07. The summed E-state index contributed by atoms with van der Waals surface area (Å²) in [5, 5.41) is 0. The van der Waals surface area contributed by atoms with Gasteiger partial charge in [0.2, 0.25) is 0 Å². The number of rotatable bonds is 2. The molecule has 1 aliphatic rings. The van der Waals surface area contributed by atoms with E-state index in [1.807, 2.05) is 18.2 Å². The second-order valence-corrected chi connectivity index (χ2v) is 5.51. The zero-order valence-corrected chi connectivity index (χ0v) is 12.1. The third-order valence-corrected chi connectivity index (χ3v) is 3.90. The van der Waals surface area contributed by atoms with Crippen LogP contribution >= 0.6 is 11.9 Å². The first-order valence-electron chi connectivity index (χ1n) is 6.54. The number of benzene rings is 2. The molecule has 0 aliphatic carbocycles. The lowest BCUT2D eigenvalue weighted by Gasteiger charge is -2.11. The van der Waals surface area contributed by atoms with Crippen LogP contribution in [0.4, 0.5) is 13.2 Å². The maximum Gasteiger partial charge on any atom is 0.573 e. The molecule has 3 rings (SSSR count). The molecule has 0 saturated heterocycles. The maximum atomic E-state index is 12.1. The highest BCUT2D eigenvalue weighted by atomic mass is 32.2. The summed E-state index contributed by atoms with van der Waals surface area (Å²) >= 11 is 1.48. The number of fused-ring (bicyclic) bond motifs is 1. The molecule has 2 aromatic carbocycles. The summed E-state index contributed by atoms with van der Waals surface area (Å²) in [4.78, 5) is 0.950. The van der Waals surface area contributed by atoms with Crippen molar-refractivity contribution < 1.29 is 22.6 Å². The zero-order chi connectivity index (χ0) is 15.6. The van der Waals surface area contributed by atoms with Gasteiger partial charge in [-0.05, 0) is 47.3 Å². The molecule has 0 aromatic heterocycles. The lowest BCUT2D eigenvalue weighted by molar-refractivity contribution is -0.274. The van der Waals surface area contributed by atoms with Crippen molar-refractivity contribution in [3.8, 4) is 22.6 Å². The molecule has 0 spiro atoms. The second kappa shape index (κ2) is 6.10. The van der Waals surface area contributed by atoms with Gasteiger partial charge < -0.3 is 9.47 Å². The van der Waals surface area contributed by atoms with Gasteiger partial charge in [-0.25, -0.2) is 0 Å². The van der Waals surface area contributed by atoms with Gasteiger partial charge in [-0.2, -0.15) is 0 Å². The van der Waals surface area contributed by atoms with Crippen LogP contribution in [0.1, 0.15) is 0 Å². The molecule has 0 bridgehead atoms. The molecule has 0 saturated carbocycles. The molecular weight excluding hydrogens is 315 g/mol. The molecule has 7 heteroatoms. The fourth-order valence-corrected chi connectivity index (χ4v) is 2.82. The van der Waals surface area contributed by atoms with Gasteiger partial charge in [-0.3, -0.25) is 4.72 Å². The summed E-state index contributed by atoms with van der Waals surface area (Å²) in [6, 6.07) is 11.5. The van der Waals surface area contributed by atoms with Crippen molar-refractivity contribution in [1.82, 2.24) is 4.72 Å². The Morgan fingerprint density at radius 2 is 1.77 bits per heavy atom. The van der Waals surface area contributed by atoms with Crippen LogP contribution in [0, 0.1) is 0 Å². The first-order chi connectivity index (χ1) is 10.5. The molecule has 1 heterocycles. The van der Waals surface area contributed by atoms with Crippen LogP contribution in [0.2, 0.25) is 0 Å². The van der Waals surface area contributed by atoms with Gasteiger partial charge in [0.05, 0.1) is 4.90 Å². The largest absolute Gasteiger partial charge is 0.573 e. The molecule has 116 valence electrons. The van der Waals surface area contributed by atoms with E-state index in [1.54, 1.807) is 12.1 Å². The number of halogens is 3. The van der Waals surface area contributed by atoms with Crippen molar-refractivity contribution in [3.05, 3.63) is 42.5 Å². The van der Waals surface area contributed by atoms with Crippen molar-refractivity contribution in [2.45, 2.75) is 11.3 Å². The van der Waals surface area contributed by atoms with E-state index >= 15 is 0 Å². The third kappa shape index (κ3) is 3.66. The quantitative estimate of drug-likeness (QED) is 0.836. The van der Waals surface area contributed by atoms with Crippen molar-refractivity contribution in [1.29, 1.82) is 0 Å². The smallest absolute Gasteiger partial charge is 0.491 e. The van der Waals surface area contributed by atoms with Crippen LogP contribution in [0.5, 0.6) is 11.5 Å². The maximum absolute atomic E-state index is 12.1. The highest BCUT2D eigenvalue weighted by Gasteiger charge is 2.30. The Bertz CT molecular complexity index is 659. The topological polar surface area (TPSA) is 30.5 Å². The third-order valence-electron chi connectivity index (χ3n) is 3.01. The Morgan fingerprint density at radius 3 is 2.50 bits per heavy atom. The predicted octanol–water partition coefficient (Wildman–Crippen LogP) is 4.24. The monoisotopic (exact) mass is 327 g/mol. The highest BCUT2D eigenvalue weighted by molar-refractivity contribution is 7.97. The van der Waals surface area contributed by atoms with E-state index in [0.29, 0.717) is 6.61 Å². The number of hydrogen-bond donors (Lipinski definition) is 1. The fraction of sp³-hybridized carbons (Fsp3) is 0.200. The molecule has 1 aliphatic heterocycles. The van der Waals surface area contributed by atoms with Gasteiger partial charge in [0.25, 0.3) is 0 Å². The van der Waals surface area contributed by atoms with Gasteiger partial charge in [-0.15, -0.1) is 13.2 Å². The highest BCUT2D eigenvalue weighted by Crippen LogP contribution is 2.34. The molecule has 3 nitrogen and oxygen atoms in total. The SMILES string of the molecule is FC(F)(F)Oc1ccc(-c2ccc3c(c2)SNCCO3)cc1. The Hall–Kier alpha value is -1.86. The Labute approximate surface area is 129 Å². The number of nitrogens with one attached hydrogen (secondary N) is 1. The van der Waals surface area contributed by atoms with E-state index in [1.165, 1.54) is 24.1 Å². The summed E-state index contributed by atoms with van der Waals surface area (Å²) in [7, 11) is 0. The zero-order valence-electron chi connectivity index (χ0n) is 11.3. The van der Waals surface area contributed by atoms with Crippen molar-refractivity contribution in [3.63, 3.8) is 0 Å². The van der Waals surface area contributed by atoms with E-state index in [9.17, 15) is 13.2 Å². The number of alkyl halides is 3. The normalized spacial score (nSPS) is 14.7. The van der Waals surface area contributed by atoms with Crippen molar-refractivity contribution in [2.24, 2.45) is 0 Å². The molecule has 1 N–H and O–H groups in total.